The Morgan fingerprint density at radius 1 is 1.19 bits per heavy atom. The van der Waals surface area contributed by atoms with E-state index in [0.717, 1.165) is 5.56 Å². The van der Waals surface area contributed by atoms with Crippen molar-refractivity contribution in [3.63, 3.8) is 0 Å². The summed E-state index contributed by atoms with van der Waals surface area (Å²) in [6.45, 7) is 0. The number of pyridine rings is 1. The number of carbonyl (C=O) groups is 2. The first-order valence-electron chi connectivity index (χ1n) is 5.88. The molecule has 1 heterocycles. The Bertz CT molecular complexity index is 690. The lowest BCUT2D eigenvalue weighted by molar-refractivity contribution is -0.115. The van der Waals surface area contributed by atoms with E-state index >= 15 is 0 Å². The van der Waals surface area contributed by atoms with Crippen LogP contribution < -0.4 is 5.32 Å². The summed E-state index contributed by atoms with van der Waals surface area (Å²) in [7, 11) is 0. The molecule has 0 aliphatic heterocycles. The Kier molecular flexibility index (Phi) is 5.08. The monoisotopic (exact) mass is 412 g/mol. The van der Waals surface area contributed by atoms with Gasteiger partial charge < -0.3 is 10.4 Å². The van der Waals surface area contributed by atoms with Gasteiger partial charge in [0.05, 0.1) is 17.7 Å². The third kappa shape index (κ3) is 4.12. The van der Waals surface area contributed by atoms with Crippen molar-refractivity contribution in [3.05, 3.63) is 56.7 Å². The van der Waals surface area contributed by atoms with Crippen LogP contribution in [0.3, 0.4) is 0 Å². The van der Waals surface area contributed by atoms with E-state index in [4.69, 9.17) is 0 Å². The summed E-state index contributed by atoms with van der Waals surface area (Å²) in [4.78, 5) is 27.2. The van der Waals surface area contributed by atoms with Gasteiger partial charge in [-0.15, -0.1) is 0 Å². The van der Waals surface area contributed by atoms with E-state index in [0.29, 0.717) is 8.95 Å². The minimum Gasteiger partial charge on any atom is -0.478 e. The minimum atomic E-state index is -1.11. The Morgan fingerprint density at radius 3 is 2.48 bits per heavy atom. The van der Waals surface area contributed by atoms with Crippen LogP contribution in [0, 0.1) is 0 Å². The SMILES string of the molecule is O=C(Cc1ccncc1)Nc1c(Br)cc(Br)cc1C(=O)O. The smallest absolute Gasteiger partial charge is 0.337 e. The lowest BCUT2D eigenvalue weighted by atomic mass is 10.1. The van der Waals surface area contributed by atoms with Crippen LogP contribution in [-0.4, -0.2) is 22.0 Å². The van der Waals surface area contributed by atoms with Gasteiger partial charge in [0.2, 0.25) is 5.91 Å². The van der Waals surface area contributed by atoms with Crippen LogP contribution in [0.4, 0.5) is 5.69 Å². The number of carboxylic acid groups (broad SMARTS) is 1. The number of anilines is 1. The summed E-state index contributed by atoms with van der Waals surface area (Å²) >= 11 is 6.48. The van der Waals surface area contributed by atoms with Crippen LogP contribution in [-0.2, 0) is 11.2 Å². The molecule has 0 saturated carbocycles. The Hall–Kier alpha value is -1.73. The van der Waals surface area contributed by atoms with E-state index in [1.54, 1.807) is 30.6 Å². The number of hydrogen-bond acceptors (Lipinski definition) is 3. The molecule has 1 amide bonds. The first-order valence-corrected chi connectivity index (χ1v) is 7.47. The number of nitrogens with zero attached hydrogens (tertiary/aromatic N) is 1. The first-order chi connectivity index (χ1) is 9.97. The minimum absolute atomic E-state index is 0.0133. The molecule has 0 unspecified atom stereocenters. The van der Waals surface area contributed by atoms with Crippen molar-refractivity contribution in [3.8, 4) is 0 Å². The molecule has 2 aromatic rings. The molecular formula is C14H10Br2N2O3. The molecule has 2 N–H and O–H groups in total. The molecule has 5 nitrogen and oxygen atoms in total. The molecule has 108 valence electrons. The topological polar surface area (TPSA) is 79.3 Å². The standard InChI is InChI=1S/C14H10Br2N2O3/c15-9-6-10(14(20)21)13(11(16)7-9)18-12(19)5-8-1-3-17-4-2-8/h1-4,6-7H,5H2,(H,18,19)(H,20,21). The average Bonchev–Trinajstić information content (AvgIpc) is 2.42. The summed E-state index contributed by atoms with van der Waals surface area (Å²) < 4.78 is 1.11. The van der Waals surface area contributed by atoms with Crippen molar-refractivity contribution in [2.75, 3.05) is 5.32 Å². The number of aromatic nitrogens is 1. The number of halogens is 2. The maximum absolute atomic E-state index is 12.0. The molecule has 7 heteroatoms. The second-order valence-corrected chi connectivity index (χ2v) is 5.97. The third-order valence-corrected chi connectivity index (χ3v) is 3.75. The van der Waals surface area contributed by atoms with E-state index < -0.39 is 5.97 Å². The van der Waals surface area contributed by atoms with Gasteiger partial charge in [-0.3, -0.25) is 9.78 Å². The number of amides is 1. The molecule has 0 aliphatic rings. The van der Waals surface area contributed by atoms with Gasteiger partial charge in [0, 0.05) is 21.3 Å². The van der Waals surface area contributed by atoms with Crippen molar-refractivity contribution in [1.82, 2.24) is 4.98 Å². The second-order valence-electron chi connectivity index (χ2n) is 4.20. The van der Waals surface area contributed by atoms with E-state index in [9.17, 15) is 14.7 Å². The third-order valence-electron chi connectivity index (χ3n) is 2.66. The van der Waals surface area contributed by atoms with E-state index in [1.165, 1.54) is 6.07 Å². The van der Waals surface area contributed by atoms with E-state index in [1.807, 2.05) is 0 Å². The van der Waals surface area contributed by atoms with Crippen LogP contribution in [0.5, 0.6) is 0 Å². The van der Waals surface area contributed by atoms with Crippen molar-refractivity contribution in [2.24, 2.45) is 0 Å². The highest BCUT2D eigenvalue weighted by Crippen LogP contribution is 2.31. The zero-order valence-electron chi connectivity index (χ0n) is 10.6. The molecule has 0 atom stereocenters. The van der Waals surface area contributed by atoms with Crippen molar-refractivity contribution >= 4 is 49.4 Å². The van der Waals surface area contributed by atoms with Crippen LogP contribution in [0.15, 0.2) is 45.6 Å². The van der Waals surface area contributed by atoms with Gasteiger partial charge in [0.25, 0.3) is 0 Å². The van der Waals surface area contributed by atoms with Crippen LogP contribution in [0.2, 0.25) is 0 Å². The molecule has 0 bridgehead atoms. The average molecular weight is 414 g/mol. The Morgan fingerprint density at radius 2 is 1.86 bits per heavy atom. The molecule has 21 heavy (non-hydrogen) atoms. The molecule has 1 aromatic carbocycles. The molecule has 0 radical (unpaired) electrons. The molecule has 0 saturated heterocycles. The normalized spacial score (nSPS) is 10.2. The number of benzene rings is 1. The van der Waals surface area contributed by atoms with Crippen LogP contribution in [0.25, 0.3) is 0 Å². The van der Waals surface area contributed by atoms with Crippen LogP contribution in [0.1, 0.15) is 15.9 Å². The van der Waals surface area contributed by atoms with Gasteiger partial charge in [0.1, 0.15) is 0 Å². The highest BCUT2D eigenvalue weighted by molar-refractivity contribution is 9.11. The fraction of sp³-hybridized carbons (Fsp3) is 0.0714. The number of rotatable bonds is 4. The molecular weight excluding hydrogens is 404 g/mol. The summed E-state index contributed by atoms with van der Waals surface area (Å²) in [5.41, 5.74) is 1.05. The van der Waals surface area contributed by atoms with Crippen molar-refractivity contribution < 1.29 is 14.7 Å². The Balaban J connectivity index is 2.23. The predicted molar refractivity (Wildman–Crippen MR) is 85.4 cm³/mol. The zero-order valence-corrected chi connectivity index (χ0v) is 13.8. The molecule has 1 aromatic heterocycles. The fourth-order valence-electron chi connectivity index (χ4n) is 1.74. The maximum Gasteiger partial charge on any atom is 0.337 e. The quantitative estimate of drug-likeness (QED) is 0.803. The zero-order chi connectivity index (χ0) is 15.4. The number of carbonyl (C=O) groups excluding carboxylic acids is 1. The van der Waals surface area contributed by atoms with Gasteiger partial charge in [-0.2, -0.15) is 0 Å². The number of nitrogens with one attached hydrogen (secondary N) is 1. The first kappa shape index (κ1) is 15.7. The van der Waals surface area contributed by atoms with Crippen molar-refractivity contribution in [1.29, 1.82) is 0 Å². The number of hydrogen-bond donors (Lipinski definition) is 2. The number of carboxylic acids is 1. The van der Waals surface area contributed by atoms with Gasteiger partial charge in [-0.25, -0.2) is 4.79 Å². The summed E-state index contributed by atoms with van der Waals surface area (Å²) in [5.74, 6) is -1.41. The lowest BCUT2D eigenvalue weighted by Gasteiger charge is -2.11. The van der Waals surface area contributed by atoms with E-state index in [2.05, 4.69) is 42.2 Å². The lowest BCUT2D eigenvalue weighted by Crippen LogP contribution is -2.17. The van der Waals surface area contributed by atoms with Crippen molar-refractivity contribution in [2.45, 2.75) is 6.42 Å². The van der Waals surface area contributed by atoms with Gasteiger partial charge in [-0.05, 0) is 45.8 Å². The predicted octanol–water partition coefficient (Wildman–Crippen LogP) is 3.49. The second kappa shape index (κ2) is 6.82. The summed E-state index contributed by atoms with van der Waals surface area (Å²) in [6.07, 6.45) is 3.34. The Labute approximate surface area is 137 Å². The molecule has 0 spiro atoms. The molecule has 2 rings (SSSR count). The highest BCUT2D eigenvalue weighted by Gasteiger charge is 2.17. The highest BCUT2D eigenvalue weighted by atomic mass is 79.9. The van der Waals surface area contributed by atoms with E-state index in [-0.39, 0.29) is 23.6 Å². The number of aromatic carboxylic acids is 1. The molecule has 0 fully saturated rings. The molecule has 0 aliphatic carbocycles. The van der Waals surface area contributed by atoms with Gasteiger partial charge in [-0.1, -0.05) is 15.9 Å². The van der Waals surface area contributed by atoms with Gasteiger partial charge in [0.15, 0.2) is 0 Å². The summed E-state index contributed by atoms with van der Waals surface area (Å²) in [6, 6.07) is 6.58. The van der Waals surface area contributed by atoms with Gasteiger partial charge >= 0.3 is 5.97 Å². The summed E-state index contributed by atoms with van der Waals surface area (Å²) in [5, 5.41) is 11.8. The van der Waals surface area contributed by atoms with Crippen LogP contribution >= 0.6 is 31.9 Å². The largest absolute Gasteiger partial charge is 0.478 e. The maximum atomic E-state index is 12.0. The fourth-order valence-corrected chi connectivity index (χ4v) is 3.06.